The molecule has 6 nitrogen and oxygen atoms in total. The Morgan fingerprint density at radius 1 is 1.56 bits per heavy atom. The largest absolute Gasteiger partial charge is 0.320 e. The van der Waals surface area contributed by atoms with Gasteiger partial charge in [0.05, 0.1) is 11.0 Å². The van der Waals surface area contributed by atoms with Gasteiger partial charge in [0, 0.05) is 6.07 Å². The van der Waals surface area contributed by atoms with Crippen molar-refractivity contribution in [1.29, 1.82) is 0 Å². The van der Waals surface area contributed by atoms with Crippen molar-refractivity contribution in [3.8, 4) is 0 Å². The lowest BCUT2D eigenvalue weighted by molar-refractivity contribution is -0.384. The van der Waals surface area contributed by atoms with Crippen LogP contribution in [0.3, 0.4) is 0 Å². The Morgan fingerprint density at radius 2 is 2.22 bits per heavy atom. The first kappa shape index (κ1) is 14.1. The molecule has 1 aromatic rings. The third-order valence-electron chi connectivity index (χ3n) is 2.54. The highest BCUT2D eigenvalue weighted by Gasteiger charge is 2.18. The molecule has 0 aliphatic heterocycles. The van der Waals surface area contributed by atoms with Crippen LogP contribution in [0.5, 0.6) is 0 Å². The molecule has 1 rings (SSSR count). The van der Waals surface area contributed by atoms with Gasteiger partial charge in [0.15, 0.2) is 0 Å². The van der Waals surface area contributed by atoms with E-state index >= 15 is 0 Å². The number of nitro groups is 1. The van der Waals surface area contributed by atoms with Crippen molar-refractivity contribution in [2.24, 2.45) is 5.73 Å². The third kappa shape index (κ3) is 3.53. The van der Waals surface area contributed by atoms with E-state index in [1.807, 2.05) is 6.92 Å². The molecule has 0 aliphatic rings. The minimum absolute atomic E-state index is 0.118. The molecule has 18 heavy (non-hydrogen) atoms. The van der Waals surface area contributed by atoms with Gasteiger partial charge in [-0.2, -0.15) is 0 Å². The first-order valence-electron chi connectivity index (χ1n) is 5.77. The fourth-order valence-electron chi connectivity index (χ4n) is 1.57. The van der Waals surface area contributed by atoms with Gasteiger partial charge in [0.25, 0.3) is 5.69 Å². The minimum Gasteiger partial charge on any atom is -0.320 e. The molecular formula is C12H17N3O3. The van der Waals surface area contributed by atoms with E-state index in [9.17, 15) is 14.9 Å². The number of carbonyl (C=O) groups is 1. The van der Waals surface area contributed by atoms with Crippen molar-refractivity contribution in [1.82, 2.24) is 0 Å². The molecule has 1 atom stereocenters. The van der Waals surface area contributed by atoms with Crippen molar-refractivity contribution < 1.29 is 9.72 Å². The second-order valence-corrected chi connectivity index (χ2v) is 4.16. The molecule has 1 amide bonds. The number of hydrogen-bond donors (Lipinski definition) is 2. The molecule has 98 valence electrons. The monoisotopic (exact) mass is 251 g/mol. The smallest absolute Gasteiger partial charge is 0.293 e. The maximum absolute atomic E-state index is 11.7. The summed E-state index contributed by atoms with van der Waals surface area (Å²) in [7, 11) is 0. The molecular weight excluding hydrogens is 234 g/mol. The van der Waals surface area contributed by atoms with Crippen LogP contribution in [0.15, 0.2) is 18.2 Å². The quantitative estimate of drug-likeness (QED) is 0.617. The van der Waals surface area contributed by atoms with Gasteiger partial charge in [-0.15, -0.1) is 0 Å². The number of anilines is 1. The number of nitrogens with one attached hydrogen (secondary N) is 1. The van der Waals surface area contributed by atoms with Crippen molar-refractivity contribution in [2.75, 3.05) is 5.32 Å². The van der Waals surface area contributed by atoms with Crippen molar-refractivity contribution in [2.45, 2.75) is 32.7 Å². The summed E-state index contributed by atoms with van der Waals surface area (Å²) in [6, 6.07) is 4.00. The number of carbonyl (C=O) groups excluding carboxylic acids is 1. The number of aryl methyl sites for hydroxylation is 1. The number of nitrogens with two attached hydrogens (primary N) is 1. The average molecular weight is 251 g/mol. The molecule has 0 heterocycles. The molecule has 0 radical (unpaired) electrons. The lowest BCUT2D eigenvalue weighted by Crippen LogP contribution is -2.35. The van der Waals surface area contributed by atoms with E-state index in [-0.39, 0.29) is 11.4 Å². The van der Waals surface area contributed by atoms with Crippen LogP contribution in [0.1, 0.15) is 25.3 Å². The lowest BCUT2D eigenvalue weighted by atomic mass is 10.1. The molecule has 0 fully saturated rings. The maximum Gasteiger partial charge on any atom is 0.293 e. The summed E-state index contributed by atoms with van der Waals surface area (Å²) in [6.07, 6.45) is 1.33. The lowest BCUT2D eigenvalue weighted by Gasteiger charge is -2.11. The number of benzene rings is 1. The molecule has 0 aromatic heterocycles. The van der Waals surface area contributed by atoms with E-state index < -0.39 is 16.9 Å². The zero-order chi connectivity index (χ0) is 13.7. The van der Waals surface area contributed by atoms with Crippen molar-refractivity contribution >= 4 is 17.3 Å². The van der Waals surface area contributed by atoms with Crippen LogP contribution >= 0.6 is 0 Å². The molecule has 0 saturated heterocycles. The van der Waals surface area contributed by atoms with Crippen molar-refractivity contribution in [3.05, 3.63) is 33.9 Å². The second kappa shape index (κ2) is 6.11. The Balaban J connectivity index is 2.90. The Morgan fingerprint density at radius 3 is 2.78 bits per heavy atom. The van der Waals surface area contributed by atoms with E-state index in [4.69, 9.17) is 5.73 Å². The molecule has 6 heteroatoms. The van der Waals surface area contributed by atoms with Crippen LogP contribution in [0.4, 0.5) is 11.4 Å². The highest BCUT2D eigenvalue weighted by molar-refractivity contribution is 5.96. The summed E-state index contributed by atoms with van der Waals surface area (Å²) in [6.45, 7) is 3.67. The van der Waals surface area contributed by atoms with E-state index in [0.29, 0.717) is 6.42 Å². The summed E-state index contributed by atoms with van der Waals surface area (Å²) in [4.78, 5) is 22.1. The van der Waals surface area contributed by atoms with Crippen LogP contribution in [-0.2, 0) is 4.79 Å². The van der Waals surface area contributed by atoms with E-state index in [0.717, 1.165) is 12.0 Å². The first-order chi connectivity index (χ1) is 8.45. The van der Waals surface area contributed by atoms with Gasteiger partial charge >= 0.3 is 0 Å². The van der Waals surface area contributed by atoms with Gasteiger partial charge in [-0.3, -0.25) is 14.9 Å². The third-order valence-corrected chi connectivity index (χ3v) is 2.54. The van der Waals surface area contributed by atoms with Gasteiger partial charge < -0.3 is 11.1 Å². The second-order valence-electron chi connectivity index (χ2n) is 4.16. The number of hydrogen-bond acceptors (Lipinski definition) is 4. The van der Waals surface area contributed by atoms with E-state index in [2.05, 4.69) is 5.32 Å². The predicted octanol–water partition coefficient (Wildman–Crippen LogP) is 1.97. The molecule has 0 spiro atoms. The van der Waals surface area contributed by atoms with Gasteiger partial charge in [-0.25, -0.2) is 0 Å². The highest BCUT2D eigenvalue weighted by Crippen LogP contribution is 2.25. The molecule has 0 aliphatic carbocycles. The fourth-order valence-corrected chi connectivity index (χ4v) is 1.57. The molecule has 0 saturated carbocycles. The SMILES string of the molecule is CCC[C@@H](N)C(=O)Nc1ccc(C)cc1[N+](=O)[O-]. The summed E-state index contributed by atoms with van der Waals surface area (Å²) in [5, 5.41) is 13.4. The summed E-state index contributed by atoms with van der Waals surface area (Å²) in [5.74, 6) is -0.399. The zero-order valence-electron chi connectivity index (χ0n) is 10.5. The van der Waals surface area contributed by atoms with Gasteiger partial charge in [-0.1, -0.05) is 19.4 Å². The van der Waals surface area contributed by atoms with Crippen LogP contribution in [0, 0.1) is 17.0 Å². The summed E-state index contributed by atoms with van der Waals surface area (Å²) >= 11 is 0. The topological polar surface area (TPSA) is 98.3 Å². The zero-order valence-corrected chi connectivity index (χ0v) is 10.5. The van der Waals surface area contributed by atoms with Crippen LogP contribution in [-0.4, -0.2) is 16.9 Å². The minimum atomic E-state index is -0.643. The van der Waals surface area contributed by atoms with Crippen LogP contribution in [0.25, 0.3) is 0 Å². The normalized spacial score (nSPS) is 11.9. The predicted molar refractivity (Wildman–Crippen MR) is 69.3 cm³/mol. The highest BCUT2D eigenvalue weighted by atomic mass is 16.6. The van der Waals surface area contributed by atoms with Crippen LogP contribution < -0.4 is 11.1 Å². The van der Waals surface area contributed by atoms with Gasteiger partial charge in [-0.05, 0) is 25.0 Å². The van der Waals surface area contributed by atoms with Gasteiger partial charge in [0.2, 0.25) is 5.91 Å². The Kier molecular flexibility index (Phi) is 4.79. The van der Waals surface area contributed by atoms with Crippen molar-refractivity contribution in [3.63, 3.8) is 0 Å². The molecule has 0 bridgehead atoms. The molecule has 0 unspecified atom stereocenters. The van der Waals surface area contributed by atoms with E-state index in [1.54, 1.807) is 13.0 Å². The number of rotatable bonds is 5. The number of amides is 1. The Bertz CT molecular complexity index is 460. The summed E-state index contributed by atoms with van der Waals surface area (Å²) < 4.78 is 0. The first-order valence-corrected chi connectivity index (χ1v) is 5.77. The van der Waals surface area contributed by atoms with E-state index in [1.165, 1.54) is 12.1 Å². The number of nitro benzene ring substituents is 1. The van der Waals surface area contributed by atoms with Gasteiger partial charge in [0.1, 0.15) is 5.69 Å². The maximum atomic E-state index is 11.7. The Hall–Kier alpha value is -1.95. The Labute approximate surface area is 105 Å². The van der Waals surface area contributed by atoms with Crippen LogP contribution in [0.2, 0.25) is 0 Å². The number of nitrogens with zero attached hydrogens (tertiary/aromatic N) is 1. The standard InChI is InChI=1S/C12H17N3O3/c1-3-4-9(13)12(16)14-10-6-5-8(2)7-11(10)15(17)18/h5-7,9H,3-4,13H2,1-2H3,(H,14,16)/t9-/m1/s1. The fraction of sp³-hybridized carbons (Fsp3) is 0.417. The summed E-state index contributed by atoms with van der Waals surface area (Å²) in [5.41, 5.74) is 6.48. The molecule has 3 N–H and O–H groups in total. The average Bonchev–Trinajstić information content (AvgIpc) is 2.31. The molecule has 1 aromatic carbocycles.